The van der Waals surface area contributed by atoms with E-state index in [4.69, 9.17) is 4.74 Å². The van der Waals surface area contributed by atoms with Gasteiger partial charge in [-0.25, -0.2) is 9.59 Å². The van der Waals surface area contributed by atoms with Gasteiger partial charge >= 0.3 is 18.2 Å². The van der Waals surface area contributed by atoms with Crippen LogP contribution >= 0.6 is 0 Å². The minimum Gasteiger partial charge on any atom is -0.456 e. The molecule has 2 aromatic rings. The number of hydrogen-bond donors (Lipinski definition) is 2. The largest absolute Gasteiger partial charge is 0.456 e. The van der Waals surface area contributed by atoms with Crippen molar-refractivity contribution in [2.45, 2.75) is 26.1 Å². The highest BCUT2D eigenvalue weighted by atomic mass is 19.4. The second kappa shape index (κ2) is 8.27. The van der Waals surface area contributed by atoms with Gasteiger partial charge < -0.3 is 15.4 Å². The number of urea groups is 1. The fourth-order valence-corrected chi connectivity index (χ4v) is 3.90. The van der Waals surface area contributed by atoms with E-state index in [2.05, 4.69) is 10.6 Å². The van der Waals surface area contributed by atoms with Crippen molar-refractivity contribution in [1.29, 1.82) is 0 Å². The fraction of sp³-hybridized carbons (Fsp3) is 0.261. The quantitative estimate of drug-likeness (QED) is 0.681. The van der Waals surface area contributed by atoms with Crippen LogP contribution in [0, 0.1) is 13.8 Å². The number of hydrogen-bond acceptors (Lipinski definition) is 4. The first-order chi connectivity index (χ1) is 15.5. The zero-order chi connectivity index (χ0) is 23.9. The van der Waals surface area contributed by atoms with E-state index in [1.807, 2.05) is 32.0 Å². The molecule has 33 heavy (non-hydrogen) atoms. The lowest BCUT2D eigenvalue weighted by Crippen LogP contribution is -2.49. The third-order valence-corrected chi connectivity index (χ3v) is 5.52. The molecular weight excluding hydrogens is 439 g/mol. The second-order valence-electron chi connectivity index (χ2n) is 7.89. The van der Waals surface area contributed by atoms with Crippen LogP contribution in [-0.2, 0) is 20.5 Å². The average Bonchev–Trinajstić information content (AvgIpc) is 3.13. The number of carbonyl (C=O) groups excluding carboxylic acids is 3. The van der Waals surface area contributed by atoms with Crippen molar-refractivity contribution in [3.8, 4) is 0 Å². The van der Waals surface area contributed by atoms with Gasteiger partial charge in [-0.1, -0.05) is 29.8 Å². The highest BCUT2D eigenvalue weighted by Gasteiger charge is 2.43. The van der Waals surface area contributed by atoms with Gasteiger partial charge in [0.1, 0.15) is 13.2 Å². The molecule has 0 saturated carbocycles. The summed E-state index contributed by atoms with van der Waals surface area (Å²) >= 11 is 0. The average molecular weight is 459 g/mol. The van der Waals surface area contributed by atoms with Crippen molar-refractivity contribution in [2.24, 2.45) is 0 Å². The van der Waals surface area contributed by atoms with E-state index >= 15 is 0 Å². The highest BCUT2D eigenvalue weighted by molar-refractivity contribution is 6.00. The first kappa shape index (κ1) is 22.4. The third-order valence-electron chi connectivity index (χ3n) is 5.52. The number of nitrogens with one attached hydrogen (secondary N) is 2. The van der Waals surface area contributed by atoms with E-state index in [9.17, 15) is 27.6 Å². The predicted molar refractivity (Wildman–Crippen MR) is 112 cm³/mol. The predicted octanol–water partition coefficient (Wildman–Crippen LogP) is 3.84. The topological polar surface area (TPSA) is 87.7 Å². The number of ether oxygens (including phenoxy) is 1. The van der Waals surface area contributed by atoms with E-state index in [0.717, 1.165) is 33.7 Å². The van der Waals surface area contributed by atoms with E-state index < -0.39 is 42.2 Å². The minimum absolute atomic E-state index is 0.0616. The first-order valence-corrected chi connectivity index (χ1v) is 10.1. The van der Waals surface area contributed by atoms with Crippen LogP contribution in [-0.4, -0.2) is 36.0 Å². The number of benzene rings is 2. The smallest absolute Gasteiger partial charge is 0.416 e. The number of aryl methyl sites for hydroxylation is 2. The van der Waals surface area contributed by atoms with Gasteiger partial charge in [-0.2, -0.15) is 13.2 Å². The van der Waals surface area contributed by atoms with Gasteiger partial charge in [0.15, 0.2) is 0 Å². The standard InChI is InChI=1S/C23H20F3N3O4/c1-12-6-7-13(2)16(8-12)20-19-17(11-33-21(19)31)29(22(32)28-20)10-18(30)27-15-5-3-4-14(9-15)23(24,25)26/h3-9,20H,10-11H2,1-2H3,(H,27,30)(H,28,32)/t20-/m0/s1. The molecule has 2 aromatic carbocycles. The Morgan fingerprint density at radius 2 is 1.94 bits per heavy atom. The van der Waals surface area contributed by atoms with Gasteiger partial charge in [0.25, 0.3) is 0 Å². The molecular formula is C23H20F3N3O4. The maximum atomic E-state index is 12.9. The Morgan fingerprint density at radius 3 is 2.67 bits per heavy atom. The molecule has 3 amide bonds. The summed E-state index contributed by atoms with van der Waals surface area (Å²) in [5.74, 6) is -1.32. The monoisotopic (exact) mass is 459 g/mol. The number of carbonyl (C=O) groups is 3. The summed E-state index contributed by atoms with van der Waals surface area (Å²) < 4.78 is 43.9. The Kier molecular flexibility index (Phi) is 5.61. The van der Waals surface area contributed by atoms with Crippen molar-refractivity contribution in [3.05, 3.63) is 76.0 Å². The van der Waals surface area contributed by atoms with Crippen molar-refractivity contribution >= 4 is 23.6 Å². The number of amides is 3. The van der Waals surface area contributed by atoms with Crippen LogP contribution in [0.5, 0.6) is 0 Å². The molecule has 0 fully saturated rings. The van der Waals surface area contributed by atoms with E-state index in [0.29, 0.717) is 0 Å². The Hall–Kier alpha value is -3.82. The SMILES string of the molecule is Cc1ccc(C)c([C@@H]2NC(=O)N(CC(=O)Nc3cccc(C(F)(F)F)c3)C3=C2C(=O)OC3)c1. The lowest BCUT2D eigenvalue weighted by Gasteiger charge is -2.33. The summed E-state index contributed by atoms with van der Waals surface area (Å²) in [5.41, 5.74) is 2.07. The number of halogens is 3. The van der Waals surface area contributed by atoms with Crippen LogP contribution in [0.3, 0.4) is 0 Å². The molecule has 7 nitrogen and oxygen atoms in total. The lowest BCUT2D eigenvalue weighted by atomic mass is 9.91. The van der Waals surface area contributed by atoms with E-state index in [1.54, 1.807) is 0 Å². The molecule has 2 N–H and O–H groups in total. The van der Waals surface area contributed by atoms with Gasteiger partial charge in [0.05, 0.1) is 22.9 Å². The van der Waals surface area contributed by atoms with Crippen LogP contribution in [0.4, 0.5) is 23.7 Å². The van der Waals surface area contributed by atoms with Gasteiger partial charge in [-0.05, 0) is 43.2 Å². The van der Waals surface area contributed by atoms with Gasteiger partial charge in [-0.3, -0.25) is 9.69 Å². The Labute approximate surface area is 187 Å². The number of esters is 1. The molecule has 2 aliphatic heterocycles. The van der Waals surface area contributed by atoms with Crippen LogP contribution < -0.4 is 10.6 Å². The molecule has 2 aliphatic rings. The van der Waals surface area contributed by atoms with Gasteiger partial charge in [0, 0.05) is 5.69 Å². The van der Waals surface area contributed by atoms with Crippen LogP contribution in [0.15, 0.2) is 53.7 Å². The maximum Gasteiger partial charge on any atom is 0.416 e. The lowest BCUT2D eigenvalue weighted by molar-refractivity contribution is -0.138. The molecule has 4 rings (SSSR count). The maximum absolute atomic E-state index is 12.9. The van der Waals surface area contributed by atoms with Gasteiger partial charge in [0.2, 0.25) is 5.91 Å². The molecule has 0 aliphatic carbocycles. The molecule has 0 aromatic heterocycles. The molecule has 0 radical (unpaired) electrons. The summed E-state index contributed by atoms with van der Waals surface area (Å²) in [6.07, 6.45) is -4.56. The molecule has 1 atom stereocenters. The number of cyclic esters (lactones) is 1. The molecule has 0 bridgehead atoms. The van der Waals surface area contributed by atoms with Crippen LogP contribution in [0.1, 0.15) is 28.3 Å². The Morgan fingerprint density at radius 1 is 1.18 bits per heavy atom. The molecule has 172 valence electrons. The van der Waals surface area contributed by atoms with Crippen molar-refractivity contribution < 1.29 is 32.3 Å². The zero-order valence-electron chi connectivity index (χ0n) is 17.7. The molecule has 0 spiro atoms. The van der Waals surface area contributed by atoms with Crippen molar-refractivity contribution in [1.82, 2.24) is 10.2 Å². The normalized spacial score (nSPS) is 18.1. The first-order valence-electron chi connectivity index (χ1n) is 10.1. The summed E-state index contributed by atoms with van der Waals surface area (Å²) in [6, 6.07) is 8.49. The molecule has 2 heterocycles. The van der Waals surface area contributed by atoms with Crippen molar-refractivity contribution in [3.63, 3.8) is 0 Å². The van der Waals surface area contributed by atoms with Gasteiger partial charge in [-0.15, -0.1) is 0 Å². The molecule has 0 unspecified atom stereocenters. The summed E-state index contributed by atoms with van der Waals surface area (Å²) in [5, 5.41) is 5.11. The molecule has 0 saturated heterocycles. The summed E-state index contributed by atoms with van der Waals surface area (Å²) in [6.45, 7) is 3.06. The third kappa shape index (κ3) is 4.41. The number of anilines is 1. The number of rotatable bonds is 4. The summed E-state index contributed by atoms with van der Waals surface area (Å²) in [7, 11) is 0. The summed E-state index contributed by atoms with van der Waals surface area (Å²) in [4.78, 5) is 39.0. The fourth-order valence-electron chi connectivity index (χ4n) is 3.90. The Balaban J connectivity index is 1.59. The van der Waals surface area contributed by atoms with E-state index in [1.165, 1.54) is 12.1 Å². The second-order valence-corrected chi connectivity index (χ2v) is 7.89. The minimum atomic E-state index is -4.56. The van der Waals surface area contributed by atoms with Crippen LogP contribution in [0.2, 0.25) is 0 Å². The Bertz CT molecular complexity index is 1190. The zero-order valence-corrected chi connectivity index (χ0v) is 17.7. The number of alkyl halides is 3. The van der Waals surface area contributed by atoms with Crippen molar-refractivity contribution in [2.75, 3.05) is 18.5 Å². The highest BCUT2D eigenvalue weighted by Crippen LogP contribution is 2.36. The molecule has 10 heteroatoms. The van der Waals surface area contributed by atoms with E-state index in [-0.39, 0.29) is 23.6 Å². The van der Waals surface area contributed by atoms with Crippen LogP contribution in [0.25, 0.3) is 0 Å². The number of nitrogens with zero attached hydrogens (tertiary/aromatic N) is 1.